The normalized spacial score (nSPS) is 10.9. The fourth-order valence-corrected chi connectivity index (χ4v) is 7.53. The molecule has 10 rings (SSSR count). The summed E-state index contributed by atoms with van der Waals surface area (Å²) in [5.41, 5.74) is 13.1. The third-order valence-electron chi connectivity index (χ3n) is 10.3. The van der Waals surface area contributed by atoms with E-state index >= 15 is 0 Å². The molecule has 280 valence electrons. The van der Waals surface area contributed by atoms with Crippen LogP contribution < -0.4 is 0 Å². The molecular weight excluding hydrogens is 717 g/mol. The summed E-state index contributed by atoms with van der Waals surface area (Å²) in [6, 6.07) is 71.5. The van der Waals surface area contributed by atoms with Crippen molar-refractivity contribution in [2.75, 3.05) is 0 Å². The quantitative estimate of drug-likeness (QED) is 0.152. The maximum Gasteiger partial charge on any atom is 0.161 e. The van der Waals surface area contributed by atoms with Crippen molar-refractivity contribution >= 4 is 21.7 Å². The first-order valence-electron chi connectivity index (χ1n) is 19.8. The molecule has 4 heteroatoms. The number of hydrogen-bond donors (Lipinski definition) is 0. The Kier molecular flexibility index (Phi) is 10.4. The van der Waals surface area contributed by atoms with Crippen LogP contribution in [0.25, 0.3) is 100 Å². The lowest BCUT2D eigenvalue weighted by molar-refractivity contribution is 1.18. The van der Waals surface area contributed by atoms with Gasteiger partial charge in [0.2, 0.25) is 0 Å². The first-order valence-corrected chi connectivity index (χ1v) is 19.8. The molecule has 0 saturated carbocycles. The molecule has 0 radical (unpaired) electrons. The molecule has 0 unspecified atom stereocenters. The summed E-state index contributed by atoms with van der Waals surface area (Å²) in [4.78, 5) is 20.9. The van der Waals surface area contributed by atoms with E-state index in [1.54, 1.807) is 6.08 Å². The number of hydrogen-bond acceptors (Lipinski definition) is 4. The van der Waals surface area contributed by atoms with Gasteiger partial charge in [-0.2, -0.15) is 0 Å². The molecule has 0 amide bonds. The number of aromatic nitrogens is 4. The minimum atomic E-state index is 0.668. The second-order valence-electron chi connectivity index (χ2n) is 14.2. The highest BCUT2D eigenvalue weighted by Crippen LogP contribution is 2.38. The fourth-order valence-electron chi connectivity index (χ4n) is 7.53. The van der Waals surface area contributed by atoms with Crippen molar-refractivity contribution in [3.8, 4) is 78.8 Å². The van der Waals surface area contributed by atoms with Gasteiger partial charge in [-0.25, -0.2) is 19.9 Å². The number of allylic oxidation sites excluding steroid dienone is 1. The number of benzene rings is 8. The molecule has 8 aromatic carbocycles. The van der Waals surface area contributed by atoms with Gasteiger partial charge in [-0.05, 0) is 64.2 Å². The van der Waals surface area contributed by atoms with Gasteiger partial charge in [-0.1, -0.05) is 188 Å². The molecule has 0 bridgehead atoms. The summed E-state index contributed by atoms with van der Waals surface area (Å²) in [5, 5.41) is 3.15. The second-order valence-corrected chi connectivity index (χ2v) is 14.2. The maximum absolute atomic E-state index is 5.30. The van der Waals surface area contributed by atoms with E-state index < -0.39 is 0 Å². The van der Waals surface area contributed by atoms with E-state index in [4.69, 9.17) is 19.9 Å². The van der Waals surface area contributed by atoms with Crippen LogP contribution in [-0.4, -0.2) is 19.9 Å². The maximum atomic E-state index is 5.30. The summed E-state index contributed by atoms with van der Waals surface area (Å²) in [5.74, 6) is 1.35. The molecule has 0 aliphatic rings. The van der Waals surface area contributed by atoms with Gasteiger partial charge in [0.1, 0.15) is 0 Å². The Morgan fingerprint density at radius 3 is 1.49 bits per heavy atom. The van der Waals surface area contributed by atoms with Gasteiger partial charge >= 0.3 is 0 Å². The van der Waals surface area contributed by atoms with E-state index in [1.807, 2.05) is 37.3 Å². The van der Waals surface area contributed by atoms with Gasteiger partial charge in [0.15, 0.2) is 11.6 Å². The van der Waals surface area contributed by atoms with Crippen LogP contribution in [0, 0.1) is 0 Å². The topological polar surface area (TPSA) is 51.6 Å². The van der Waals surface area contributed by atoms with Crippen molar-refractivity contribution in [3.63, 3.8) is 0 Å². The van der Waals surface area contributed by atoms with Crippen LogP contribution in [-0.2, 0) is 0 Å². The van der Waals surface area contributed by atoms with E-state index in [9.17, 15) is 0 Å². The SMILES string of the molecule is C=CC.c1ccc(-c2ccc(-c3cc(-c4ccc(-c5nc(-c6ccccc6)c6ccccc6n5)c5ccccc45)nc(-c4cccc(-c5ccccc5)c4)n3)cc2)cc1. The second kappa shape index (κ2) is 16.7. The summed E-state index contributed by atoms with van der Waals surface area (Å²) >= 11 is 0. The molecule has 0 saturated heterocycles. The van der Waals surface area contributed by atoms with Gasteiger partial charge in [-0.3, -0.25) is 0 Å². The monoisotopic (exact) mass is 756 g/mol. The van der Waals surface area contributed by atoms with Crippen molar-refractivity contribution in [1.82, 2.24) is 19.9 Å². The molecule has 2 heterocycles. The van der Waals surface area contributed by atoms with Gasteiger partial charge in [-0.15, -0.1) is 6.58 Å². The van der Waals surface area contributed by atoms with Crippen LogP contribution >= 0.6 is 0 Å². The summed E-state index contributed by atoms with van der Waals surface area (Å²) in [6.45, 7) is 5.25. The molecule has 0 spiro atoms. The Bertz CT molecular complexity index is 3050. The average molecular weight is 757 g/mol. The van der Waals surface area contributed by atoms with Crippen molar-refractivity contribution in [3.05, 3.63) is 219 Å². The van der Waals surface area contributed by atoms with Gasteiger partial charge in [0, 0.05) is 33.2 Å². The molecule has 0 aliphatic heterocycles. The smallest absolute Gasteiger partial charge is 0.161 e. The van der Waals surface area contributed by atoms with Crippen LogP contribution in [0.15, 0.2) is 219 Å². The zero-order valence-electron chi connectivity index (χ0n) is 32.7. The molecule has 0 fully saturated rings. The summed E-state index contributed by atoms with van der Waals surface area (Å²) < 4.78 is 0. The van der Waals surface area contributed by atoms with Crippen LogP contribution in [0.3, 0.4) is 0 Å². The Labute approximate surface area is 344 Å². The van der Waals surface area contributed by atoms with Crippen LogP contribution in [0.1, 0.15) is 6.92 Å². The van der Waals surface area contributed by atoms with Gasteiger partial charge in [0.25, 0.3) is 0 Å². The van der Waals surface area contributed by atoms with Crippen LogP contribution in [0.2, 0.25) is 0 Å². The lowest BCUT2D eigenvalue weighted by atomic mass is 9.95. The Morgan fingerprint density at radius 1 is 0.339 bits per heavy atom. The Morgan fingerprint density at radius 2 is 0.814 bits per heavy atom. The minimum absolute atomic E-state index is 0.668. The zero-order valence-corrected chi connectivity index (χ0v) is 32.7. The van der Waals surface area contributed by atoms with Gasteiger partial charge in [0.05, 0.1) is 22.6 Å². The molecule has 59 heavy (non-hydrogen) atoms. The molecule has 2 aromatic heterocycles. The highest BCUT2D eigenvalue weighted by molar-refractivity contribution is 6.05. The highest BCUT2D eigenvalue weighted by Gasteiger charge is 2.18. The largest absolute Gasteiger partial charge is 0.228 e. The van der Waals surface area contributed by atoms with E-state index in [0.29, 0.717) is 11.6 Å². The van der Waals surface area contributed by atoms with E-state index in [2.05, 4.69) is 183 Å². The molecular formula is C55H40N4. The number of fused-ring (bicyclic) bond motifs is 2. The first kappa shape index (κ1) is 36.8. The number of rotatable bonds is 7. The van der Waals surface area contributed by atoms with Crippen LogP contribution in [0.5, 0.6) is 0 Å². The minimum Gasteiger partial charge on any atom is -0.228 e. The van der Waals surface area contributed by atoms with Crippen LogP contribution in [0.4, 0.5) is 0 Å². The predicted octanol–water partition coefficient (Wildman–Crippen LogP) is 14.4. The molecule has 10 aromatic rings. The first-order chi connectivity index (χ1) is 29.2. The van der Waals surface area contributed by atoms with E-state index in [1.165, 1.54) is 5.56 Å². The van der Waals surface area contributed by atoms with Crippen molar-refractivity contribution in [2.45, 2.75) is 6.92 Å². The Balaban J connectivity index is 0.00000145. The number of nitrogens with zero attached hydrogens (tertiary/aromatic N) is 4. The zero-order chi connectivity index (χ0) is 40.0. The summed E-state index contributed by atoms with van der Waals surface area (Å²) in [6.07, 6.45) is 1.75. The Hall–Kier alpha value is -7.82. The molecule has 4 nitrogen and oxygen atoms in total. The van der Waals surface area contributed by atoms with Crippen molar-refractivity contribution in [1.29, 1.82) is 0 Å². The predicted molar refractivity (Wildman–Crippen MR) is 247 cm³/mol. The molecule has 0 atom stereocenters. The van der Waals surface area contributed by atoms with Gasteiger partial charge < -0.3 is 0 Å². The van der Waals surface area contributed by atoms with E-state index in [-0.39, 0.29) is 0 Å². The van der Waals surface area contributed by atoms with Crippen molar-refractivity contribution in [2.24, 2.45) is 0 Å². The van der Waals surface area contributed by atoms with Crippen molar-refractivity contribution < 1.29 is 0 Å². The third-order valence-corrected chi connectivity index (χ3v) is 10.3. The third kappa shape index (κ3) is 7.68. The lowest BCUT2D eigenvalue weighted by Gasteiger charge is -2.15. The van der Waals surface area contributed by atoms with E-state index in [0.717, 1.165) is 83.3 Å². The average Bonchev–Trinajstić information content (AvgIpc) is 3.32. The number of para-hydroxylation sites is 1. The molecule has 0 N–H and O–H groups in total. The highest BCUT2D eigenvalue weighted by atomic mass is 14.9. The fraction of sp³-hybridized carbons (Fsp3) is 0.0182. The lowest BCUT2D eigenvalue weighted by Crippen LogP contribution is -1.98. The summed E-state index contributed by atoms with van der Waals surface area (Å²) in [7, 11) is 0. The molecule has 0 aliphatic carbocycles. The standard InChI is InChI=1S/C52H34N4.C3H6/c1-4-15-35(16-5-1)37-27-29-38(30-28-37)48-34-49(55-51(54-48)41-22-14-21-40(33-41)36-17-6-2-7-18-36)44-31-32-45(43-24-11-10-23-42(43)44)52-53-47-26-13-12-25-46(47)50(56-52)39-19-8-3-9-20-39;1-3-2/h1-34H;3H,1H2,2H3.